The molecule has 0 bridgehead atoms. The van der Waals surface area contributed by atoms with Crippen LogP contribution in [0.25, 0.3) is 10.8 Å². The van der Waals surface area contributed by atoms with E-state index in [-0.39, 0.29) is 5.82 Å². The summed E-state index contributed by atoms with van der Waals surface area (Å²) >= 11 is 0. The van der Waals surface area contributed by atoms with Crippen LogP contribution in [0, 0.1) is 5.82 Å². The lowest BCUT2D eigenvalue weighted by Gasteiger charge is -2.17. The Kier molecular flexibility index (Phi) is 6.15. The summed E-state index contributed by atoms with van der Waals surface area (Å²) in [6.45, 7) is 4.72. The van der Waals surface area contributed by atoms with E-state index in [0.29, 0.717) is 12.5 Å². The molecule has 1 atom stereocenters. The fourth-order valence-corrected chi connectivity index (χ4v) is 3.16. The first-order valence-electron chi connectivity index (χ1n) is 8.91. The van der Waals surface area contributed by atoms with Crippen LogP contribution in [0.4, 0.5) is 4.39 Å². The number of benzene rings is 3. The molecule has 0 aromatic heterocycles. The highest BCUT2D eigenvalue weighted by molar-refractivity contribution is 5.86. The topological polar surface area (TPSA) is 24.1 Å². The first kappa shape index (κ1) is 17.6. The Balaban J connectivity index is 1.43. The van der Waals surface area contributed by atoms with Crippen LogP contribution in [0.2, 0.25) is 0 Å². The second-order valence-corrected chi connectivity index (χ2v) is 6.34. The number of fused-ring (bicyclic) bond motifs is 1. The Hall–Kier alpha value is -2.23. The van der Waals surface area contributed by atoms with E-state index in [9.17, 15) is 4.39 Å². The molecule has 0 heterocycles. The summed E-state index contributed by atoms with van der Waals surface area (Å²) in [6.07, 6.45) is 0.714. The number of rotatable bonds is 8. The predicted molar refractivity (Wildman–Crippen MR) is 103 cm³/mol. The van der Waals surface area contributed by atoms with Crippen molar-refractivity contribution in [2.75, 3.05) is 19.6 Å². The van der Waals surface area contributed by atoms with Crippen molar-refractivity contribution >= 4 is 10.8 Å². The number of hydrogen-bond acceptors (Lipinski definition) is 2. The summed E-state index contributed by atoms with van der Waals surface area (Å²) in [7, 11) is 0. The molecule has 0 spiro atoms. The molecule has 3 aromatic carbocycles. The lowest BCUT2D eigenvalue weighted by molar-refractivity contribution is 0.545. The van der Waals surface area contributed by atoms with Crippen LogP contribution in [0.15, 0.2) is 66.7 Å². The van der Waals surface area contributed by atoms with Crippen molar-refractivity contribution in [2.45, 2.75) is 19.4 Å². The van der Waals surface area contributed by atoms with Crippen LogP contribution in [-0.2, 0) is 6.42 Å². The summed E-state index contributed by atoms with van der Waals surface area (Å²) in [4.78, 5) is 0. The molecule has 1 unspecified atom stereocenters. The SMILES string of the molecule is CC(NCCNCCc1ccccc1F)c1cccc2ccccc12. The molecule has 0 fully saturated rings. The zero-order valence-electron chi connectivity index (χ0n) is 14.6. The maximum atomic E-state index is 13.5. The summed E-state index contributed by atoms with van der Waals surface area (Å²) in [6, 6.07) is 22.2. The Bertz CT molecular complexity index is 810. The Labute approximate surface area is 149 Å². The molecule has 0 aliphatic rings. The molecule has 3 rings (SSSR count). The van der Waals surface area contributed by atoms with Crippen LogP contribution in [0.5, 0.6) is 0 Å². The van der Waals surface area contributed by atoms with Crippen LogP contribution in [0.1, 0.15) is 24.1 Å². The van der Waals surface area contributed by atoms with Crippen LogP contribution < -0.4 is 10.6 Å². The molecule has 0 amide bonds. The minimum Gasteiger partial charge on any atom is -0.315 e. The van der Waals surface area contributed by atoms with Crippen LogP contribution in [-0.4, -0.2) is 19.6 Å². The van der Waals surface area contributed by atoms with Crippen molar-refractivity contribution in [3.05, 3.63) is 83.7 Å². The van der Waals surface area contributed by atoms with Gasteiger partial charge in [-0.1, -0.05) is 60.7 Å². The fraction of sp³-hybridized carbons (Fsp3) is 0.273. The molecular weight excluding hydrogens is 311 g/mol. The van der Waals surface area contributed by atoms with Crippen molar-refractivity contribution in [1.82, 2.24) is 10.6 Å². The lowest BCUT2D eigenvalue weighted by Crippen LogP contribution is -2.30. The summed E-state index contributed by atoms with van der Waals surface area (Å²) in [5, 5.41) is 9.52. The van der Waals surface area contributed by atoms with Crippen molar-refractivity contribution in [1.29, 1.82) is 0 Å². The average molecular weight is 336 g/mol. The van der Waals surface area contributed by atoms with Crippen molar-refractivity contribution in [2.24, 2.45) is 0 Å². The van der Waals surface area contributed by atoms with Crippen molar-refractivity contribution in [3.63, 3.8) is 0 Å². The molecule has 25 heavy (non-hydrogen) atoms. The summed E-state index contributed by atoms with van der Waals surface area (Å²) in [5.74, 6) is -0.119. The number of hydrogen-bond donors (Lipinski definition) is 2. The van der Waals surface area contributed by atoms with Gasteiger partial charge in [0.05, 0.1) is 0 Å². The Morgan fingerprint density at radius 1 is 0.840 bits per heavy atom. The highest BCUT2D eigenvalue weighted by Gasteiger charge is 2.08. The molecule has 0 aliphatic carbocycles. The van der Waals surface area contributed by atoms with Gasteiger partial charge in [-0.05, 0) is 47.9 Å². The Morgan fingerprint density at radius 3 is 2.48 bits per heavy atom. The highest BCUT2D eigenvalue weighted by Crippen LogP contribution is 2.23. The maximum absolute atomic E-state index is 13.5. The fourth-order valence-electron chi connectivity index (χ4n) is 3.16. The van der Waals surface area contributed by atoms with Gasteiger partial charge in [-0.2, -0.15) is 0 Å². The van der Waals surface area contributed by atoms with Gasteiger partial charge >= 0.3 is 0 Å². The molecular formula is C22H25FN2. The third-order valence-electron chi connectivity index (χ3n) is 4.57. The van der Waals surface area contributed by atoms with Gasteiger partial charge in [0.2, 0.25) is 0 Å². The van der Waals surface area contributed by atoms with E-state index in [4.69, 9.17) is 0 Å². The van der Waals surface area contributed by atoms with Gasteiger partial charge in [-0.3, -0.25) is 0 Å². The monoisotopic (exact) mass is 336 g/mol. The number of nitrogens with one attached hydrogen (secondary N) is 2. The van der Waals surface area contributed by atoms with E-state index in [0.717, 1.165) is 25.2 Å². The summed E-state index contributed by atoms with van der Waals surface area (Å²) < 4.78 is 13.5. The predicted octanol–water partition coefficient (Wildman–Crippen LogP) is 4.46. The number of halogens is 1. The average Bonchev–Trinajstić information content (AvgIpc) is 2.65. The lowest BCUT2D eigenvalue weighted by atomic mass is 10.00. The van der Waals surface area contributed by atoms with E-state index in [1.165, 1.54) is 22.4 Å². The minimum absolute atomic E-state index is 0.119. The molecule has 130 valence electrons. The quantitative estimate of drug-likeness (QED) is 0.593. The molecule has 3 heteroatoms. The minimum atomic E-state index is -0.119. The molecule has 3 aromatic rings. The first-order valence-corrected chi connectivity index (χ1v) is 8.91. The van der Waals surface area contributed by atoms with Crippen molar-refractivity contribution < 1.29 is 4.39 Å². The molecule has 0 aliphatic heterocycles. The molecule has 2 nitrogen and oxygen atoms in total. The van der Waals surface area contributed by atoms with E-state index in [2.05, 4.69) is 60.0 Å². The van der Waals surface area contributed by atoms with Gasteiger partial charge in [0.15, 0.2) is 0 Å². The summed E-state index contributed by atoms with van der Waals surface area (Å²) in [5.41, 5.74) is 2.09. The second-order valence-electron chi connectivity index (χ2n) is 6.34. The smallest absolute Gasteiger partial charge is 0.126 e. The van der Waals surface area contributed by atoms with Gasteiger partial charge in [-0.15, -0.1) is 0 Å². The van der Waals surface area contributed by atoms with Gasteiger partial charge in [0.25, 0.3) is 0 Å². The van der Waals surface area contributed by atoms with Gasteiger partial charge in [-0.25, -0.2) is 4.39 Å². The normalized spacial score (nSPS) is 12.4. The molecule has 0 saturated heterocycles. The zero-order valence-corrected chi connectivity index (χ0v) is 14.6. The molecule has 2 N–H and O–H groups in total. The van der Waals surface area contributed by atoms with E-state index in [1.807, 2.05) is 12.1 Å². The van der Waals surface area contributed by atoms with Crippen LogP contribution in [0.3, 0.4) is 0 Å². The van der Waals surface area contributed by atoms with E-state index in [1.54, 1.807) is 6.07 Å². The first-order chi connectivity index (χ1) is 12.3. The Morgan fingerprint density at radius 2 is 1.60 bits per heavy atom. The van der Waals surface area contributed by atoms with Crippen LogP contribution >= 0.6 is 0 Å². The third kappa shape index (κ3) is 4.65. The second kappa shape index (κ2) is 8.75. The van der Waals surface area contributed by atoms with Gasteiger partial charge < -0.3 is 10.6 Å². The molecule has 0 radical (unpaired) electrons. The van der Waals surface area contributed by atoms with E-state index < -0.39 is 0 Å². The van der Waals surface area contributed by atoms with E-state index >= 15 is 0 Å². The van der Waals surface area contributed by atoms with Crippen molar-refractivity contribution in [3.8, 4) is 0 Å². The standard InChI is InChI=1S/C22H25FN2/c1-17(20-11-6-9-18-7-2-4-10-21(18)20)25-16-15-24-14-13-19-8-3-5-12-22(19)23/h2-12,17,24-25H,13-16H2,1H3. The zero-order chi connectivity index (χ0) is 17.5. The largest absolute Gasteiger partial charge is 0.315 e. The van der Waals surface area contributed by atoms with Gasteiger partial charge in [0, 0.05) is 19.1 Å². The maximum Gasteiger partial charge on any atom is 0.126 e. The molecule has 0 saturated carbocycles. The van der Waals surface area contributed by atoms with Gasteiger partial charge in [0.1, 0.15) is 5.82 Å². The highest BCUT2D eigenvalue weighted by atomic mass is 19.1. The third-order valence-corrected chi connectivity index (χ3v) is 4.57.